The highest BCUT2D eigenvalue weighted by Gasteiger charge is 2.16. The van der Waals surface area contributed by atoms with E-state index >= 15 is 0 Å². The molecule has 0 aromatic carbocycles. The maximum absolute atomic E-state index is 11.1. The number of rotatable bonds is 8. The number of carboxylic acids is 1. The summed E-state index contributed by atoms with van der Waals surface area (Å²) >= 11 is 1.33. The summed E-state index contributed by atoms with van der Waals surface area (Å²) in [7, 11) is 0. The Kier molecular flexibility index (Phi) is 6.05. The lowest BCUT2D eigenvalue weighted by Gasteiger charge is -2.04. The van der Waals surface area contributed by atoms with E-state index in [0.29, 0.717) is 17.2 Å². The number of hydrogen-bond donors (Lipinski definition) is 1. The molecular weight excluding hydrogens is 236 g/mol. The Bertz CT molecular complexity index is 358. The average Bonchev–Trinajstić information content (AvgIpc) is 2.68. The van der Waals surface area contributed by atoms with Crippen molar-refractivity contribution in [3.05, 3.63) is 15.8 Å². The van der Waals surface area contributed by atoms with E-state index in [0.717, 1.165) is 37.0 Å². The first-order valence-electron chi connectivity index (χ1n) is 6.17. The van der Waals surface area contributed by atoms with Gasteiger partial charge in [-0.1, -0.05) is 33.1 Å². The van der Waals surface area contributed by atoms with Crippen molar-refractivity contribution < 1.29 is 14.6 Å². The van der Waals surface area contributed by atoms with Crippen molar-refractivity contribution >= 4 is 17.3 Å². The predicted octanol–water partition coefficient (Wildman–Crippen LogP) is 3.97. The number of aryl methyl sites for hydroxylation is 1. The minimum Gasteiger partial charge on any atom is -0.492 e. The van der Waals surface area contributed by atoms with Crippen LogP contribution in [0.1, 0.15) is 54.1 Å². The van der Waals surface area contributed by atoms with Crippen LogP contribution in [0.3, 0.4) is 0 Å². The van der Waals surface area contributed by atoms with Crippen molar-refractivity contribution in [1.82, 2.24) is 0 Å². The average molecular weight is 256 g/mol. The Morgan fingerprint density at radius 1 is 1.35 bits per heavy atom. The van der Waals surface area contributed by atoms with Gasteiger partial charge in [0.15, 0.2) is 4.88 Å². The first-order valence-corrected chi connectivity index (χ1v) is 6.99. The maximum atomic E-state index is 11.1. The maximum Gasteiger partial charge on any atom is 0.349 e. The monoisotopic (exact) mass is 256 g/mol. The summed E-state index contributed by atoms with van der Waals surface area (Å²) in [5.74, 6) is -0.343. The molecule has 0 aliphatic rings. The predicted molar refractivity (Wildman–Crippen MR) is 70.3 cm³/mol. The summed E-state index contributed by atoms with van der Waals surface area (Å²) in [5, 5.41) is 9.08. The second kappa shape index (κ2) is 7.33. The normalized spacial score (nSPS) is 10.5. The topological polar surface area (TPSA) is 46.5 Å². The molecule has 1 aromatic rings. The lowest BCUT2D eigenvalue weighted by Crippen LogP contribution is -2.01. The second-order valence-corrected chi connectivity index (χ2v) is 5.15. The third-order valence-electron chi connectivity index (χ3n) is 2.45. The number of unbranched alkanes of at least 4 members (excludes halogenated alkanes) is 2. The molecule has 17 heavy (non-hydrogen) atoms. The molecule has 0 saturated heterocycles. The molecule has 1 rings (SSSR count). The zero-order valence-electron chi connectivity index (χ0n) is 10.5. The van der Waals surface area contributed by atoms with E-state index in [2.05, 4.69) is 13.8 Å². The molecule has 0 spiro atoms. The zero-order chi connectivity index (χ0) is 12.7. The van der Waals surface area contributed by atoms with E-state index in [1.807, 2.05) is 6.07 Å². The Hall–Kier alpha value is -1.03. The third kappa shape index (κ3) is 4.38. The highest BCUT2D eigenvalue weighted by atomic mass is 32.1. The summed E-state index contributed by atoms with van der Waals surface area (Å²) in [5.41, 5.74) is 0. The Balaban J connectivity index is 2.64. The highest BCUT2D eigenvalue weighted by Crippen LogP contribution is 2.30. The molecule has 96 valence electrons. The van der Waals surface area contributed by atoms with Crippen LogP contribution in [-0.2, 0) is 6.42 Å². The van der Waals surface area contributed by atoms with E-state index in [1.54, 1.807) is 0 Å². The molecule has 0 saturated carbocycles. The van der Waals surface area contributed by atoms with Crippen LogP contribution in [0.25, 0.3) is 0 Å². The van der Waals surface area contributed by atoms with Crippen molar-refractivity contribution in [2.75, 3.05) is 6.61 Å². The standard InChI is InChI=1S/C13H20O3S/c1-3-5-6-8-16-11-9-10(7-4-2)17-12(11)13(14)15/h9H,3-8H2,1-2H3,(H,14,15). The van der Waals surface area contributed by atoms with Crippen LogP contribution in [0.15, 0.2) is 6.07 Å². The summed E-state index contributed by atoms with van der Waals surface area (Å²) < 4.78 is 5.56. The van der Waals surface area contributed by atoms with Gasteiger partial charge in [0.1, 0.15) is 5.75 Å². The highest BCUT2D eigenvalue weighted by molar-refractivity contribution is 7.14. The van der Waals surface area contributed by atoms with Gasteiger partial charge in [-0.3, -0.25) is 0 Å². The fourth-order valence-electron chi connectivity index (χ4n) is 1.58. The van der Waals surface area contributed by atoms with Crippen molar-refractivity contribution in [3.8, 4) is 5.75 Å². The van der Waals surface area contributed by atoms with E-state index in [9.17, 15) is 4.79 Å². The number of aromatic carboxylic acids is 1. The van der Waals surface area contributed by atoms with E-state index in [4.69, 9.17) is 9.84 Å². The van der Waals surface area contributed by atoms with E-state index < -0.39 is 5.97 Å². The molecule has 0 aliphatic heterocycles. The zero-order valence-corrected chi connectivity index (χ0v) is 11.3. The molecule has 0 amide bonds. The Morgan fingerprint density at radius 3 is 2.71 bits per heavy atom. The molecule has 1 heterocycles. The number of ether oxygens (including phenoxy) is 1. The molecular formula is C13H20O3S. The largest absolute Gasteiger partial charge is 0.492 e. The fourth-order valence-corrected chi connectivity index (χ4v) is 2.62. The van der Waals surface area contributed by atoms with Gasteiger partial charge < -0.3 is 9.84 Å². The molecule has 0 unspecified atom stereocenters. The van der Waals surface area contributed by atoms with Gasteiger partial charge in [0.25, 0.3) is 0 Å². The summed E-state index contributed by atoms with van der Waals surface area (Å²) in [6.45, 7) is 4.82. The summed E-state index contributed by atoms with van der Waals surface area (Å²) in [4.78, 5) is 12.5. The molecule has 0 bridgehead atoms. The molecule has 1 N–H and O–H groups in total. The smallest absolute Gasteiger partial charge is 0.349 e. The van der Waals surface area contributed by atoms with Crippen LogP contribution in [0.5, 0.6) is 5.75 Å². The van der Waals surface area contributed by atoms with Crippen molar-refractivity contribution in [1.29, 1.82) is 0 Å². The minimum absolute atomic E-state index is 0.338. The van der Waals surface area contributed by atoms with E-state index in [1.165, 1.54) is 11.3 Å². The van der Waals surface area contributed by atoms with Crippen LogP contribution in [0, 0.1) is 0 Å². The minimum atomic E-state index is -0.886. The number of hydrogen-bond acceptors (Lipinski definition) is 3. The van der Waals surface area contributed by atoms with Gasteiger partial charge in [-0.25, -0.2) is 4.79 Å². The number of carbonyl (C=O) groups is 1. The van der Waals surface area contributed by atoms with Gasteiger partial charge in [0.05, 0.1) is 6.61 Å². The molecule has 0 radical (unpaired) electrons. The Labute approximate surface area is 106 Å². The number of carboxylic acid groups (broad SMARTS) is 1. The van der Waals surface area contributed by atoms with Crippen molar-refractivity contribution in [2.45, 2.75) is 46.0 Å². The SMILES string of the molecule is CCCCCOc1cc(CCC)sc1C(=O)O. The molecule has 1 aromatic heterocycles. The van der Waals surface area contributed by atoms with Gasteiger partial charge in [0.2, 0.25) is 0 Å². The first kappa shape index (κ1) is 14.0. The molecule has 0 fully saturated rings. The van der Waals surface area contributed by atoms with Crippen LogP contribution in [-0.4, -0.2) is 17.7 Å². The molecule has 4 heteroatoms. The van der Waals surface area contributed by atoms with Crippen LogP contribution >= 0.6 is 11.3 Å². The summed E-state index contributed by atoms with van der Waals surface area (Å²) in [6.07, 6.45) is 5.18. The Morgan fingerprint density at radius 2 is 2.12 bits per heavy atom. The van der Waals surface area contributed by atoms with Crippen molar-refractivity contribution in [3.63, 3.8) is 0 Å². The first-order chi connectivity index (χ1) is 8.19. The third-order valence-corrected chi connectivity index (χ3v) is 3.61. The second-order valence-electron chi connectivity index (χ2n) is 4.02. The summed E-state index contributed by atoms with van der Waals surface area (Å²) in [6, 6.07) is 1.88. The van der Waals surface area contributed by atoms with Gasteiger partial charge in [-0.15, -0.1) is 11.3 Å². The van der Waals surface area contributed by atoms with Crippen molar-refractivity contribution in [2.24, 2.45) is 0 Å². The van der Waals surface area contributed by atoms with Gasteiger partial charge in [-0.2, -0.15) is 0 Å². The van der Waals surface area contributed by atoms with E-state index in [-0.39, 0.29) is 0 Å². The van der Waals surface area contributed by atoms with Crippen LogP contribution in [0.4, 0.5) is 0 Å². The molecule has 0 atom stereocenters. The lowest BCUT2D eigenvalue weighted by molar-refractivity contribution is 0.0698. The molecule has 0 aliphatic carbocycles. The van der Waals surface area contributed by atoms with Gasteiger partial charge in [-0.05, 0) is 18.9 Å². The fraction of sp³-hybridized carbons (Fsp3) is 0.615. The van der Waals surface area contributed by atoms with Gasteiger partial charge in [0, 0.05) is 4.88 Å². The van der Waals surface area contributed by atoms with Gasteiger partial charge >= 0.3 is 5.97 Å². The molecule has 3 nitrogen and oxygen atoms in total. The van der Waals surface area contributed by atoms with Crippen LogP contribution in [0.2, 0.25) is 0 Å². The van der Waals surface area contributed by atoms with Crippen LogP contribution < -0.4 is 4.74 Å². The quantitative estimate of drug-likeness (QED) is 0.716. The number of thiophene rings is 1. The lowest BCUT2D eigenvalue weighted by atomic mass is 10.2.